The number of nitrogens with zero attached hydrogens (tertiary/aromatic N) is 2. The van der Waals surface area contributed by atoms with Gasteiger partial charge in [-0.2, -0.15) is 0 Å². The average Bonchev–Trinajstić information content (AvgIpc) is 3.44. The predicted octanol–water partition coefficient (Wildman–Crippen LogP) is 2.75. The average molecular weight is 490 g/mol. The fourth-order valence-electron chi connectivity index (χ4n) is 3.64. The highest BCUT2D eigenvalue weighted by atomic mass is 127. The molecule has 0 bridgehead atoms. The van der Waals surface area contributed by atoms with Crippen LogP contribution in [-0.4, -0.2) is 62.8 Å². The van der Waals surface area contributed by atoms with Crippen LogP contribution >= 0.6 is 24.0 Å². The summed E-state index contributed by atoms with van der Waals surface area (Å²) in [7, 11) is 1.78. The number of hydrogen-bond donors (Lipinski definition) is 2. The van der Waals surface area contributed by atoms with Crippen molar-refractivity contribution in [1.82, 2.24) is 15.5 Å². The van der Waals surface area contributed by atoms with Crippen LogP contribution in [-0.2, 0) is 10.2 Å². The van der Waals surface area contributed by atoms with Crippen LogP contribution in [0.15, 0.2) is 29.3 Å². The van der Waals surface area contributed by atoms with Gasteiger partial charge < -0.3 is 15.4 Å². The molecule has 5 nitrogen and oxygen atoms in total. The molecule has 152 valence electrons. The lowest BCUT2D eigenvalue weighted by Crippen LogP contribution is -2.56. The van der Waals surface area contributed by atoms with E-state index in [1.807, 2.05) is 12.1 Å². The molecule has 7 heteroatoms. The molecule has 1 heterocycles. The van der Waals surface area contributed by atoms with Gasteiger partial charge in [0.2, 0.25) is 0 Å². The number of nitrogens with one attached hydrogen (secondary N) is 2. The summed E-state index contributed by atoms with van der Waals surface area (Å²) in [5.74, 6) is 0.664. The van der Waals surface area contributed by atoms with Gasteiger partial charge in [-0.15, -0.1) is 24.0 Å². The molecule has 1 saturated heterocycles. The zero-order chi connectivity index (χ0) is 18.6. The number of hydrogen-bond acceptors (Lipinski definition) is 3. The van der Waals surface area contributed by atoms with Gasteiger partial charge in [-0.1, -0.05) is 18.2 Å². The van der Waals surface area contributed by atoms with E-state index in [0.717, 1.165) is 57.2 Å². The molecule has 0 unspecified atom stereocenters. The second-order valence-electron chi connectivity index (χ2n) is 7.95. The van der Waals surface area contributed by atoms with Crippen molar-refractivity contribution in [2.24, 2.45) is 4.99 Å². The Morgan fingerprint density at radius 3 is 2.48 bits per heavy atom. The minimum absolute atomic E-state index is 0. The maximum atomic E-state index is 14.2. The second-order valence-corrected chi connectivity index (χ2v) is 7.95. The highest BCUT2D eigenvalue weighted by Crippen LogP contribution is 2.48. The van der Waals surface area contributed by atoms with Crippen LogP contribution in [0.4, 0.5) is 4.39 Å². The maximum Gasteiger partial charge on any atom is 0.191 e. The molecule has 1 aliphatic heterocycles. The number of benzene rings is 1. The topological polar surface area (TPSA) is 48.9 Å². The predicted molar refractivity (Wildman–Crippen MR) is 119 cm³/mol. The van der Waals surface area contributed by atoms with Crippen LogP contribution < -0.4 is 10.6 Å². The maximum absolute atomic E-state index is 14.2. The highest BCUT2D eigenvalue weighted by Gasteiger charge is 2.45. The number of halogens is 2. The first-order chi connectivity index (χ1) is 12.5. The number of rotatable bonds is 6. The number of morpholine rings is 1. The Bertz CT molecular complexity index is 643. The fourth-order valence-corrected chi connectivity index (χ4v) is 3.64. The Hall–Kier alpha value is -0.930. The Labute approximate surface area is 179 Å². The molecule has 2 aliphatic rings. The molecule has 2 N–H and O–H groups in total. The first kappa shape index (κ1) is 22.4. The van der Waals surface area contributed by atoms with Gasteiger partial charge in [0, 0.05) is 44.2 Å². The van der Waals surface area contributed by atoms with Crippen LogP contribution in [0.3, 0.4) is 0 Å². The van der Waals surface area contributed by atoms with E-state index in [0.29, 0.717) is 6.54 Å². The molecule has 27 heavy (non-hydrogen) atoms. The molecule has 2 fully saturated rings. The van der Waals surface area contributed by atoms with Crippen LogP contribution in [0.2, 0.25) is 0 Å². The third-order valence-electron chi connectivity index (χ3n) is 5.67. The Kier molecular flexibility index (Phi) is 7.88. The Morgan fingerprint density at radius 1 is 1.22 bits per heavy atom. The fraction of sp³-hybridized carbons (Fsp3) is 0.650. The van der Waals surface area contributed by atoms with Gasteiger partial charge in [0.05, 0.1) is 13.2 Å². The van der Waals surface area contributed by atoms with Crippen molar-refractivity contribution in [3.05, 3.63) is 35.6 Å². The minimum atomic E-state index is -0.108. The first-order valence-electron chi connectivity index (χ1n) is 9.49. The summed E-state index contributed by atoms with van der Waals surface area (Å²) in [5.41, 5.74) is 0.740. The number of ether oxygens (including phenoxy) is 1. The number of aliphatic imine (C=N–C) groups is 1. The van der Waals surface area contributed by atoms with Gasteiger partial charge in [0.15, 0.2) is 5.96 Å². The van der Waals surface area contributed by atoms with Gasteiger partial charge in [-0.3, -0.25) is 9.89 Å². The van der Waals surface area contributed by atoms with Gasteiger partial charge in [-0.25, -0.2) is 4.39 Å². The zero-order valence-corrected chi connectivity index (χ0v) is 18.9. The molecule has 1 saturated carbocycles. The summed E-state index contributed by atoms with van der Waals surface area (Å²) in [4.78, 5) is 6.78. The third kappa shape index (κ3) is 5.54. The van der Waals surface area contributed by atoms with Gasteiger partial charge in [-0.05, 0) is 38.3 Å². The summed E-state index contributed by atoms with van der Waals surface area (Å²) < 4.78 is 19.6. The van der Waals surface area contributed by atoms with Gasteiger partial charge >= 0.3 is 0 Å². The Balaban J connectivity index is 0.00000261. The molecular formula is C20H32FIN4O. The Morgan fingerprint density at radius 2 is 1.89 bits per heavy atom. The van der Waals surface area contributed by atoms with E-state index in [9.17, 15) is 4.39 Å². The second kappa shape index (κ2) is 9.52. The molecular weight excluding hydrogens is 458 g/mol. The summed E-state index contributed by atoms with van der Waals surface area (Å²) in [6.45, 7) is 9.46. The SMILES string of the molecule is CN=C(NCC1(c2ccccc2F)CC1)NCC(C)(C)N1CCOCC1.I. The van der Waals surface area contributed by atoms with E-state index in [1.54, 1.807) is 19.2 Å². The van der Waals surface area contributed by atoms with Crippen molar-refractivity contribution in [3.8, 4) is 0 Å². The van der Waals surface area contributed by atoms with Crippen molar-refractivity contribution in [1.29, 1.82) is 0 Å². The molecule has 1 aliphatic carbocycles. The number of guanidine groups is 1. The first-order valence-corrected chi connectivity index (χ1v) is 9.49. The van der Waals surface area contributed by atoms with Crippen LogP contribution in [0, 0.1) is 5.82 Å². The molecule has 1 aromatic rings. The molecule has 0 aromatic heterocycles. The van der Waals surface area contributed by atoms with E-state index >= 15 is 0 Å². The van der Waals surface area contributed by atoms with Crippen molar-refractivity contribution in [2.45, 2.75) is 37.6 Å². The molecule has 0 amide bonds. The van der Waals surface area contributed by atoms with E-state index < -0.39 is 0 Å². The molecule has 0 spiro atoms. The summed E-state index contributed by atoms with van der Waals surface area (Å²) in [5, 5.41) is 6.84. The van der Waals surface area contributed by atoms with E-state index in [4.69, 9.17) is 4.74 Å². The van der Waals surface area contributed by atoms with Crippen LogP contribution in [0.25, 0.3) is 0 Å². The summed E-state index contributed by atoms with van der Waals surface area (Å²) >= 11 is 0. The third-order valence-corrected chi connectivity index (χ3v) is 5.67. The smallest absolute Gasteiger partial charge is 0.191 e. The normalized spacial score (nSPS) is 19.9. The van der Waals surface area contributed by atoms with E-state index in [1.165, 1.54) is 0 Å². The summed E-state index contributed by atoms with van der Waals surface area (Å²) in [6, 6.07) is 7.11. The van der Waals surface area contributed by atoms with Crippen molar-refractivity contribution in [2.75, 3.05) is 46.4 Å². The largest absolute Gasteiger partial charge is 0.379 e. The quantitative estimate of drug-likeness (QED) is 0.366. The lowest BCUT2D eigenvalue weighted by molar-refractivity contribution is -0.00834. The van der Waals surface area contributed by atoms with Crippen LogP contribution in [0.1, 0.15) is 32.3 Å². The summed E-state index contributed by atoms with van der Waals surface area (Å²) in [6.07, 6.45) is 2.02. The van der Waals surface area contributed by atoms with Crippen molar-refractivity contribution < 1.29 is 9.13 Å². The highest BCUT2D eigenvalue weighted by molar-refractivity contribution is 14.0. The lowest BCUT2D eigenvalue weighted by atomic mass is 9.95. The van der Waals surface area contributed by atoms with Crippen molar-refractivity contribution >= 4 is 29.9 Å². The van der Waals surface area contributed by atoms with Crippen LogP contribution in [0.5, 0.6) is 0 Å². The zero-order valence-electron chi connectivity index (χ0n) is 16.6. The molecule has 1 aromatic carbocycles. The van der Waals surface area contributed by atoms with E-state index in [-0.39, 0.29) is 40.7 Å². The molecule has 0 atom stereocenters. The monoisotopic (exact) mass is 490 g/mol. The standard InChI is InChI=1S/C20H31FN4O.HI/c1-19(2,25-10-12-26-13-11-25)14-23-18(22-3)24-15-20(8-9-20)16-6-4-5-7-17(16)21;/h4-7H,8-15H2,1-3H3,(H2,22,23,24);1H. The molecule has 3 rings (SSSR count). The van der Waals surface area contributed by atoms with E-state index in [2.05, 4.69) is 34.4 Å². The van der Waals surface area contributed by atoms with Crippen molar-refractivity contribution in [3.63, 3.8) is 0 Å². The van der Waals surface area contributed by atoms with Gasteiger partial charge in [0.1, 0.15) is 5.82 Å². The lowest BCUT2D eigenvalue weighted by Gasteiger charge is -2.41. The minimum Gasteiger partial charge on any atom is -0.379 e. The van der Waals surface area contributed by atoms with Gasteiger partial charge in [0.25, 0.3) is 0 Å². The molecule has 0 radical (unpaired) electrons.